The Morgan fingerprint density at radius 1 is 1.42 bits per heavy atom. The summed E-state index contributed by atoms with van der Waals surface area (Å²) in [5, 5.41) is 13.6. The highest BCUT2D eigenvalue weighted by molar-refractivity contribution is 7.11. The Morgan fingerprint density at radius 3 is 2.58 bits per heavy atom. The van der Waals surface area contributed by atoms with Gasteiger partial charge in [-0.2, -0.15) is 0 Å². The van der Waals surface area contributed by atoms with Crippen LogP contribution >= 0.6 is 34.5 Å². The molecule has 0 atom stereocenters. The summed E-state index contributed by atoms with van der Waals surface area (Å²) >= 11 is 12.7. The summed E-state index contributed by atoms with van der Waals surface area (Å²) in [6, 6.07) is 2.28. The quantitative estimate of drug-likeness (QED) is 0.896. The first-order valence-electron chi connectivity index (χ1n) is 5.03. The minimum absolute atomic E-state index is 0.00750. The molecule has 0 radical (unpaired) electrons. The molecule has 1 heterocycles. The van der Waals surface area contributed by atoms with Crippen LogP contribution < -0.4 is 5.32 Å². The molecule has 0 spiro atoms. The van der Waals surface area contributed by atoms with Crippen LogP contribution in [0.25, 0.3) is 0 Å². The van der Waals surface area contributed by atoms with Gasteiger partial charge >= 0.3 is 5.97 Å². The second-order valence-corrected chi connectivity index (χ2v) is 5.22. The molecule has 0 aliphatic heterocycles. The topological polar surface area (TPSA) is 62.2 Å². The van der Waals surface area contributed by atoms with Crippen LogP contribution in [0.2, 0.25) is 10.0 Å². The van der Waals surface area contributed by atoms with Crippen molar-refractivity contribution in [3.8, 4) is 0 Å². The Labute approximate surface area is 121 Å². The van der Waals surface area contributed by atoms with Crippen molar-refractivity contribution in [3.05, 3.63) is 44.1 Å². The van der Waals surface area contributed by atoms with E-state index in [0.717, 1.165) is 23.5 Å². The number of carbonyl (C=O) groups is 1. The highest BCUT2D eigenvalue weighted by atomic mass is 35.5. The van der Waals surface area contributed by atoms with Gasteiger partial charge in [0, 0.05) is 5.38 Å². The van der Waals surface area contributed by atoms with E-state index in [9.17, 15) is 9.18 Å². The molecule has 19 heavy (non-hydrogen) atoms. The summed E-state index contributed by atoms with van der Waals surface area (Å²) in [7, 11) is 0. The first-order chi connectivity index (χ1) is 8.97. The highest BCUT2D eigenvalue weighted by Crippen LogP contribution is 2.31. The van der Waals surface area contributed by atoms with Crippen LogP contribution in [-0.4, -0.2) is 16.1 Å². The Bertz CT molecular complexity index is 610. The molecule has 0 aliphatic rings. The van der Waals surface area contributed by atoms with Gasteiger partial charge < -0.3 is 10.4 Å². The standard InChI is InChI=1S/C11H7Cl2FN2O2S/c12-7-1-5(14)2-8(13)9(7)15-3-6-4-19-10(16-6)11(17)18/h1-2,4,15H,3H2,(H,17,18). The Kier molecular flexibility index (Phi) is 4.24. The molecule has 8 heteroatoms. The highest BCUT2D eigenvalue weighted by Gasteiger charge is 2.11. The summed E-state index contributed by atoms with van der Waals surface area (Å²) in [4.78, 5) is 14.6. The van der Waals surface area contributed by atoms with E-state index in [1.807, 2.05) is 0 Å². The molecule has 1 aromatic carbocycles. The number of carboxylic acid groups (broad SMARTS) is 1. The van der Waals surface area contributed by atoms with Gasteiger partial charge in [0.1, 0.15) is 5.82 Å². The molecule has 0 saturated carbocycles. The molecule has 0 bridgehead atoms. The van der Waals surface area contributed by atoms with Crippen molar-refractivity contribution >= 4 is 46.2 Å². The fraction of sp³-hybridized carbons (Fsp3) is 0.0909. The van der Waals surface area contributed by atoms with Gasteiger partial charge in [0.25, 0.3) is 0 Å². The zero-order valence-corrected chi connectivity index (χ0v) is 11.6. The average Bonchev–Trinajstić information content (AvgIpc) is 2.76. The maximum absolute atomic E-state index is 13.0. The van der Waals surface area contributed by atoms with E-state index >= 15 is 0 Å². The van der Waals surface area contributed by atoms with Crippen molar-refractivity contribution in [3.63, 3.8) is 0 Å². The summed E-state index contributed by atoms with van der Waals surface area (Å²) in [6.07, 6.45) is 0. The van der Waals surface area contributed by atoms with Crippen LogP contribution in [0.15, 0.2) is 17.5 Å². The number of benzene rings is 1. The number of nitrogens with zero attached hydrogens (tertiary/aromatic N) is 1. The van der Waals surface area contributed by atoms with E-state index in [1.54, 1.807) is 5.38 Å². The summed E-state index contributed by atoms with van der Waals surface area (Å²) in [5.41, 5.74) is 0.925. The third kappa shape index (κ3) is 3.34. The number of carboxylic acids is 1. The second kappa shape index (κ2) is 5.73. The van der Waals surface area contributed by atoms with E-state index in [4.69, 9.17) is 28.3 Å². The van der Waals surface area contributed by atoms with Crippen molar-refractivity contribution < 1.29 is 14.3 Å². The number of hydrogen-bond donors (Lipinski definition) is 2. The molecule has 2 rings (SSSR count). The van der Waals surface area contributed by atoms with Crippen LogP contribution in [0.5, 0.6) is 0 Å². The molecule has 0 fully saturated rings. The molecule has 0 unspecified atom stereocenters. The summed E-state index contributed by atoms with van der Waals surface area (Å²) in [6.45, 7) is 0.245. The lowest BCUT2D eigenvalue weighted by Crippen LogP contribution is -2.03. The number of thiazole rings is 1. The van der Waals surface area contributed by atoms with Crippen LogP contribution in [0.4, 0.5) is 10.1 Å². The van der Waals surface area contributed by atoms with E-state index < -0.39 is 11.8 Å². The smallest absolute Gasteiger partial charge is 0.365 e. The Morgan fingerprint density at radius 2 is 2.05 bits per heavy atom. The second-order valence-electron chi connectivity index (χ2n) is 3.55. The zero-order chi connectivity index (χ0) is 14.0. The van der Waals surface area contributed by atoms with Crippen molar-refractivity contribution in [2.24, 2.45) is 0 Å². The number of hydrogen-bond acceptors (Lipinski definition) is 4. The van der Waals surface area contributed by atoms with Crippen LogP contribution in [0, 0.1) is 5.82 Å². The van der Waals surface area contributed by atoms with Gasteiger partial charge in [0.05, 0.1) is 28.0 Å². The van der Waals surface area contributed by atoms with Crippen LogP contribution in [0.1, 0.15) is 15.5 Å². The lowest BCUT2D eigenvalue weighted by Gasteiger charge is -2.09. The van der Waals surface area contributed by atoms with Crippen molar-refractivity contribution in [2.75, 3.05) is 5.32 Å². The molecule has 2 aromatic rings. The maximum Gasteiger partial charge on any atom is 0.365 e. The molecule has 4 nitrogen and oxygen atoms in total. The van der Waals surface area contributed by atoms with Gasteiger partial charge in [0.2, 0.25) is 5.01 Å². The Balaban J connectivity index is 2.12. The summed E-state index contributed by atoms with van der Waals surface area (Å²) < 4.78 is 13.0. The van der Waals surface area contributed by atoms with E-state index in [1.165, 1.54) is 0 Å². The van der Waals surface area contributed by atoms with Gasteiger partial charge in [-0.05, 0) is 12.1 Å². The normalized spacial score (nSPS) is 10.5. The number of rotatable bonds is 4. The predicted octanol–water partition coefficient (Wildman–Crippen LogP) is 3.90. The number of halogens is 3. The molecule has 2 N–H and O–H groups in total. The minimum atomic E-state index is -1.07. The zero-order valence-electron chi connectivity index (χ0n) is 9.28. The predicted molar refractivity (Wildman–Crippen MR) is 72.8 cm³/mol. The number of anilines is 1. The van der Waals surface area contributed by atoms with Crippen molar-refractivity contribution in [1.82, 2.24) is 4.98 Å². The first-order valence-corrected chi connectivity index (χ1v) is 6.67. The van der Waals surface area contributed by atoms with Crippen molar-refractivity contribution in [1.29, 1.82) is 0 Å². The lowest BCUT2D eigenvalue weighted by molar-refractivity contribution is 0.0696. The summed E-state index contributed by atoms with van der Waals surface area (Å²) in [5.74, 6) is -1.60. The number of aromatic carboxylic acids is 1. The van der Waals surface area contributed by atoms with Gasteiger partial charge in [-0.1, -0.05) is 23.2 Å². The fourth-order valence-corrected chi connectivity index (χ4v) is 2.62. The van der Waals surface area contributed by atoms with Crippen LogP contribution in [0.3, 0.4) is 0 Å². The monoisotopic (exact) mass is 320 g/mol. The van der Waals surface area contributed by atoms with E-state index in [-0.39, 0.29) is 21.6 Å². The third-order valence-corrected chi connectivity index (χ3v) is 3.66. The third-order valence-electron chi connectivity index (χ3n) is 2.19. The SMILES string of the molecule is O=C(O)c1nc(CNc2c(Cl)cc(F)cc2Cl)cs1. The maximum atomic E-state index is 13.0. The van der Waals surface area contributed by atoms with Gasteiger partial charge in [0.15, 0.2) is 0 Å². The van der Waals surface area contributed by atoms with Gasteiger partial charge in [-0.25, -0.2) is 14.2 Å². The molecular weight excluding hydrogens is 314 g/mol. The molecular formula is C11H7Cl2FN2O2S. The molecule has 0 aliphatic carbocycles. The number of aromatic nitrogens is 1. The molecule has 0 amide bonds. The fourth-order valence-electron chi connectivity index (χ4n) is 1.38. The van der Waals surface area contributed by atoms with Crippen LogP contribution in [-0.2, 0) is 6.54 Å². The Hall–Kier alpha value is -1.37. The molecule has 0 saturated heterocycles. The van der Waals surface area contributed by atoms with E-state index in [2.05, 4.69) is 10.3 Å². The van der Waals surface area contributed by atoms with E-state index in [0.29, 0.717) is 11.4 Å². The minimum Gasteiger partial charge on any atom is -0.476 e. The largest absolute Gasteiger partial charge is 0.476 e. The molecule has 1 aromatic heterocycles. The number of nitrogens with one attached hydrogen (secondary N) is 1. The molecule has 100 valence electrons. The van der Waals surface area contributed by atoms with Gasteiger partial charge in [-0.3, -0.25) is 0 Å². The lowest BCUT2D eigenvalue weighted by atomic mass is 10.3. The average molecular weight is 321 g/mol. The van der Waals surface area contributed by atoms with Crippen molar-refractivity contribution in [2.45, 2.75) is 6.54 Å². The van der Waals surface area contributed by atoms with Gasteiger partial charge in [-0.15, -0.1) is 11.3 Å². The first kappa shape index (κ1) is 14.0.